The van der Waals surface area contributed by atoms with Crippen molar-refractivity contribution < 1.29 is 4.74 Å². The lowest BCUT2D eigenvalue weighted by molar-refractivity contribution is 0.378. The molecular formula is C10H20N6O. The van der Waals surface area contributed by atoms with Crippen LogP contribution >= 0.6 is 0 Å². The number of rotatable bonds is 6. The van der Waals surface area contributed by atoms with Gasteiger partial charge in [0.15, 0.2) is 0 Å². The van der Waals surface area contributed by atoms with E-state index in [0.717, 1.165) is 13.0 Å². The van der Waals surface area contributed by atoms with Crippen LogP contribution < -0.4 is 20.9 Å². The molecule has 0 amide bonds. The fourth-order valence-corrected chi connectivity index (χ4v) is 1.22. The summed E-state index contributed by atoms with van der Waals surface area (Å²) in [7, 11) is 3.44. The highest BCUT2D eigenvalue weighted by atomic mass is 16.5. The third kappa shape index (κ3) is 4.03. The summed E-state index contributed by atoms with van der Waals surface area (Å²) >= 11 is 0. The van der Waals surface area contributed by atoms with Crippen LogP contribution in [0, 0.1) is 5.92 Å². The van der Waals surface area contributed by atoms with Gasteiger partial charge in [0, 0.05) is 13.6 Å². The molecule has 0 saturated heterocycles. The van der Waals surface area contributed by atoms with Crippen LogP contribution in [0.2, 0.25) is 0 Å². The third-order valence-electron chi connectivity index (χ3n) is 2.30. The highest BCUT2D eigenvalue weighted by Crippen LogP contribution is 2.14. The first-order chi connectivity index (χ1) is 8.06. The van der Waals surface area contributed by atoms with E-state index in [2.05, 4.69) is 34.2 Å². The van der Waals surface area contributed by atoms with Gasteiger partial charge in [-0.15, -0.1) is 0 Å². The monoisotopic (exact) mass is 240 g/mol. The maximum atomic E-state index is 5.29. The zero-order valence-corrected chi connectivity index (χ0v) is 10.8. The Morgan fingerprint density at radius 1 is 1.35 bits per heavy atom. The van der Waals surface area contributed by atoms with Gasteiger partial charge in [-0.25, -0.2) is 5.84 Å². The zero-order valence-electron chi connectivity index (χ0n) is 10.8. The Hall–Kier alpha value is -1.63. The summed E-state index contributed by atoms with van der Waals surface area (Å²) < 4.78 is 4.99. The molecule has 0 bridgehead atoms. The molecule has 1 aromatic heterocycles. The predicted octanol–water partition coefficient (Wildman–Crippen LogP) is 0.648. The summed E-state index contributed by atoms with van der Waals surface area (Å²) in [5.41, 5.74) is 2.39. The number of hydrazine groups is 1. The number of anilines is 2. The second-order valence-electron chi connectivity index (χ2n) is 4.19. The Bertz CT molecular complexity index is 334. The molecule has 0 aliphatic carbocycles. The average molecular weight is 240 g/mol. The van der Waals surface area contributed by atoms with Crippen molar-refractivity contribution in [2.24, 2.45) is 11.8 Å². The second-order valence-corrected chi connectivity index (χ2v) is 4.19. The third-order valence-corrected chi connectivity index (χ3v) is 2.30. The molecule has 0 spiro atoms. The molecule has 1 aromatic rings. The molecule has 7 nitrogen and oxygen atoms in total. The molecule has 1 heterocycles. The fraction of sp³-hybridized carbons (Fsp3) is 0.700. The van der Waals surface area contributed by atoms with Gasteiger partial charge in [0.05, 0.1) is 7.11 Å². The quantitative estimate of drug-likeness (QED) is 0.557. The van der Waals surface area contributed by atoms with Crippen LogP contribution in [0.4, 0.5) is 11.9 Å². The van der Waals surface area contributed by atoms with Gasteiger partial charge in [-0.2, -0.15) is 15.0 Å². The molecule has 0 saturated carbocycles. The molecule has 96 valence electrons. The molecule has 0 atom stereocenters. The van der Waals surface area contributed by atoms with Gasteiger partial charge in [-0.05, 0) is 12.3 Å². The van der Waals surface area contributed by atoms with Gasteiger partial charge in [0.25, 0.3) is 0 Å². The van der Waals surface area contributed by atoms with E-state index in [1.165, 1.54) is 7.11 Å². The van der Waals surface area contributed by atoms with Crippen LogP contribution in [-0.2, 0) is 0 Å². The molecule has 3 N–H and O–H groups in total. The lowest BCUT2D eigenvalue weighted by atomic mass is 10.1. The maximum Gasteiger partial charge on any atom is 0.322 e. The first-order valence-corrected chi connectivity index (χ1v) is 5.54. The summed E-state index contributed by atoms with van der Waals surface area (Å²) in [5.74, 6) is 6.76. The van der Waals surface area contributed by atoms with Crippen LogP contribution in [0.3, 0.4) is 0 Å². The standard InChI is InChI=1S/C10H20N6O/c1-7(2)5-6-16(3)9-12-8(15-11)13-10(14-9)17-4/h7H,5-6,11H2,1-4H3,(H,12,13,14,15). The van der Waals surface area contributed by atoms with Crippen LogP contribution in [0.25, 0.3) is 0 Å². The fourth-order valence-electron chi connectivity index (χ4n) is 1.22. The Balaban J connectivity index is 2.80. The molecule has 17 heavy (non-hydrogen) atoms. The summed E-state index contributed by atoms with van der Waals surface area (Å²) in [6.07, 6.45) is 1.07. The Morgan fingerprint density at radius 3 is 2.59 bits per heavy atom. The molecule has 1 rings (SSSR count). The molecule has 0 fully saturated rings. The van der Waals surface area contributed by atoms with E-state index in [9.17, 15) is 0 Å². The van der Waals surface area contributed by atoms with E-state index in [-0.39, 0.29) is 6.01 Å². The minimum Gasteiger partial charge on any atom is -0.467 e. The first-order valence-electron chi connectivity index (χ1n) is 5.54. The first kappa shape index (κ1) is 13.4. The molecule has 0 aliphatic heterocycles. The van der Waals surface area contributed by atoms with E-state index in [0.29, 0.717) is 17.8 Å². The largest absolute Gasteiger partial charge is 0.467 e. The van der Waals surface area contributed by atoms with Crippen molar-refractivity contribution in [2.45, 2.75) is 20.3 Å². The molecule has 0 aliphatic rings. The second kappa shape index (κ2) is 6.19. The number of nitrogen functional groups attached to an aromatic ring is 1. The van der Waals surface area contributed by atoms with Crippen LogP contribution in [0.5, 0.6) is 6.01 Å². The van der Waals surface area contributed by atoms with Crippen LogP contribution in [-0.4, -0.2) is 35.7 Å². The number of aromatic nitrogens is 3. The van der Waals surface area contributed by atoms with E-state index in [4.69, 9.17) is 10.6 Å². The summed E-state index contributed by atoms with van der Waals surface area (Å²) in [6, 6.07) is 0.249. The van der Waals surface area contributed by atoms with Gasteiger partial charge in [0.1, 0.15) is 0 Å². The summed E-state index contributed by atoms with van der Waals surface area (Å²) in [6.45, 7) is 5.22. The van der Waals surface area contributed by atoms with Gasteiger partial charge in [-0.1, -0.05) is 13.8 Å². The van der Waals surface area contributed by atoms with E-state index < -0.39 is 0 Å². The minimum absolute atomic E-state index is 0.249. The Kier molecular flexibility index (Phi) is 4.89. The normalized spacial score (nSPS) is 10.5. The molecule has 0 unspecified atom stereocenters. The maximum absolute atomic E-state index is 5.29. The van der Waals surface area contributed by atoms with Crippen molar-refractivity contribution in [1.82, 2.24) is 15.0 Å². The number of hydrogen-bond donors (Lipinski definition) is 2. The number of hydrogen-bond acceptors (Lipinski definition) is 7. The molecule has 7 heteroatoms. The zero-order chi connectivity index (χ0) is 12.8. The van der Waals surface area contributed by atoms with Gasteiger partial charge in [0.2, 0.25) is 11.9 Å². The number of nitrogens with two attached hydrogens (primary N) is 1. The smallest absolute Gasteiger partial charge is 0.322 e. The van der Waals surface area contributed by atoms with E-state index in [1.54, 1.807) is 0 Å². The highest BCUT2D eigenvalue weighted by molar-refractivity contribution is 5.36. The van der Waals surface area contributed by atoms with Crippen molar-refractivity contribution in [2.75, 3.05) is 31.0 Å². The molecule has 0 radical (unpaired) electrons. The minimum atomic E-state index is 0.249. The number of methoxy groups -OCH3 is 1. The number of ether oxygens (including phenoxy) is 1. The van der Waals surface area contributed by atoms with Crippen LogP contribution in [0.15, 0.2) is 0 Å². The van der Waals surface area contributed by atoms with Gasteiger partial charge >= 0.3 is 6.01 Å². The van der Waals surface area contributed by atoms with Crippen molar-refractivity contribution in [3.05, 3.63) is 0 Å². The van der Waals surface area contributed by atoms with E-state index >= 15 is 0 Å². The van der Waals surface area contributed by atoms with Gasteiger partial charge < -0.3 is 9.64 Å². The molecular weight excluding hydrogens is 220 g/mol. The van der Waals surface area contributed by atoms with Crippen LogP contribution in [0.1, 0.15) is 20.3 Å². The predicted molar refractivity (Wildman–Crippen MR) is 66.9 cm³/mol. The van der Waals surface area contributed by atoms with Gasteiger partial charge in [-0.3, -0.25) is 5.43 Å². The van der Waals surface area contributed by atoms with Crippen molar-refractivity contribution in [3.8, 4) is 6.01 Å². The lowest BCUT2D eigenvalue weighted by Crippen LogP contribution is -2.24. The summed E-state index contributed by atoms with van der Waals surface area (Å²) in [5, 5.41) is 0. The lowest BCUT2D eigenvalue weighted by Gasteiger charge is -2.18. The summed E-state index contributed by atoms with van der Waals surface area (Å²) in [4.78, 5) is 14.2. The van der Waals surface area contributed by atoms with Crippen molar-refractivity contribution in [3.63, 3.8) is 0 Å². The highest BCUT2D eigenvalue weighted by Gasteiger charge is 2.10. The number of nitrogens with one attached hydrogen (secondary N) is 1. The Labute approximate surface area is 101 Å². The van der Waals surface area contributed by atoms with Crippen molar-refractivity contribution in [1.29, 1.82) is 0 Å². The Morgan fingerprint density at radius 2 is 2.06 bits per heavy atom. The molecule has 0 aromatic carbocycles. The average Bonchev–Trinajstić information content (AvgIpc) is 2.34. The SMILES string of the molecule is COc1nc(NN)nc(N(C)CCC(C)C)n1. The number of nitrogens with zero attached hydrogens (tertiary/aromatic N) is 4. The topological polar surface area (TPSA) is 89.2 Å². The van der Waals surface area contributed by atoms with Crippen molar-refractivity contribution >= 4 is 11.9 Å². The van der Waals surface area contributed by atoms with E-state index in [1.807, 2.05) is 11.9 Å².